The topological polar surface area (TPSA) is 178 Å². The van der Waals surface area contributed by atoms with Crippen LogP contribution in [0.3, 0.4) is 0 Å². The van der Waals surface area contributed by atoms with Gasteiger partial charge in [-0.15, -0.1) is 0 Å². The van der Waals surface area contributed by atoms with Crippen LogP contribution in [0.15, 0.2) is 62.6 Å². The van der Waals surface area contributed by atoms with E-state index in [1.54, 1.807) is 0 Å². The first kappa shape index (κ1) is 22.2. The first-order valence-corrected chi connectivity index (χ1v) is 12.0. The second-order valence-electron chi connectivity index (χ2n) is 9.83. The van der Waals surface area contributed by atoms with Crippen molar-refractivity contribution in [2.24, 2.45) is 0 Å². The molecule has 6 aromatic rings. The zero-order valence-electron chi connectivity index (χ0n) is 19.5. The highest BCUT2D eigenvalue weighted by atomic mass is 16.2. The van der Waals surface area contributed by atoms with Crippen LogP contribution in [0.25, 0.3) is 43.1 Å². The molecule has 188 valence electrons. The second-order valence-corrected chi connectivity index (χ2v) is 9.83. The quantitative estimate of drug-likeness (QED) is 0.313. The van der Waals surface area contributed by atoms with E-state index in [0.29, 0.717) is 25.7 Å². The molecule has 7 rings (SSSR count). The highest BCUT2D eigenvalue weighted by Gasteiger charge is 2.35. The first-order valence-electron chi connectivity index (χ1n) is 12.0. The summed E-state index contributed by atoms with van der Waals surface area (Å²) < 4.78 is 2.04. The largest absolute Gasteiger partial charge is 0.288 e. The van der Waals surface area contributed by atoms with Gasteiger partial charge in [-0.3, -0.25) is 57.5 Å². The Morgan fingerprint density at radius 1 is 0.447 bits per heavy atom. The van der Waals surface area contributed by atoms with Crippen molar-refractivity contribution in [2.45, 2.75) is 37.8 Å². The van der Waals surface area contributed by atoms with Crippen molar-refractivity contribution in [3.05, 3.63) is 107 Å². The summed E-state index contributed by atoms with van der Waals surface area (Å²) in [6.45, 7) is 0. The minimum atomic E-state index is -0.838. The van der Waals surface area contributed by atoms with Gasteiger partial charge in [0.05, 0.1) is 55.2 Å². The molecule has 4 heterocycles. The lowest BCUT2D eigenvalue weighted by Gasteiger charge is -2.31. The van der Waals surface area contributed by atoms with Crippen LogP contribution in [0.1, 0.15) is 37.8 Å². The third-order valence-corrected chi connectivity index (χ3v) is 7.90. The lowest BCUT2D eigenvalue weighted by molar-refractivity contribution is 0.229. The van der Waals surface area contributed by atoms with Gasteiger partial charge >= 0.3 is 0 Å². The van der Waals surface area contributed by atoms with E-state index in [4.69, 9.17) is 0 Å². The molecule has 0 amide bonds. The Kier molecular flexibility index (Phi) is 4.26. The summed E-state index contributed by atoms with van der Waals surface area (Å²) in [4.78, 5) is 107. The van der Waals surface area contributed by atoms with Crippen LogP contribution in [0, 0.1) is 0 Å². The number of hydrogen-bond donors (Lipinski definition) is 2. The van der Waals surface area contributed by atoms with Crippen LogP contribution in [0.5, 0.6) is 0 Å². The van der Waals surface area contributed by atoms with Gasteiger partial charge in [-0.05, 0) is 37.1 Å². The molecule has 12 heteroatoms. The zero-order valence-corrected chi connectivity index (χ0v) is 19.5. The molecule has 0 unspecified atom stereocenters. The van der Waals surface area contributed by atoms with Crippen molar-refractivity contribution in [3.8, 4) is 0 Å². The molecule has 12 nitrogen and oxygen atoms in total. The summed E-state index contributed by atoms with van der Waals surface area (Å²) in [5.74, 6) is 0. The summed E-state index contributed by atoms with van der Waals surface area (Å²) in [5, 5.41) is -0.0735. The highest BCUT2D eigenvalue weighted by Crippen LogP contribution is 2.36. The fourth-order valence-corrected chi connectivity index (χ4v) is 6.13. The fraction of sp³-hybridized carbons (Fsp3) is 0.231. The summed E-state index contributed by atoms with van der Waals surface area (Å²) >= 11 is 0. The first-order chi connectivity index (χ1) is 18.2. The number of aromatic nitrogens is 4. The van der Waals surface area contributed by atoms with Gasteiger partial charge < -0.3 is 0 Å². The average molecular weight is 512 g/mol. The second kappa shape index (κ2) is 7.28. The van der Waals surface area contributed by atoms with E-state index in [1.807, 2.05) is 0 Å². The van der Waals surface area contributed by atoms with Gasteiger partial charge in [-0.2, -0.15) is 0 Å². The number of rotatable bonds is 2. The molecular weight excluding hydrogens is 496 g/mol. The van der Waals surface area contributed by atoms with Crippen molar-refractivity contribution in [1.82, 2.24) is 19.1 Å². The minimum absolute atomic E-state index is 0.00363. The molecule has 0 saturated heterocycles. The van der Waals surface area contributed by atoms with Crippen molar-refractivity contribution in [3.63, 3.8) is 0 Å². The van der Waals surface area contributed by atoms with Gasteiger partial charge in [0.15, 0.2) is 0 Å². The SMILES string of the molecule is O=c1[nH]c(=O)c2cc3c(=O)n([C@@H]4CCCC[C@H]4n4c(=O)c5cc6c(=O)[nH]c(=O)c6cc5c4=O)c(=O)c3cc12. The molecule has 0 aliphatic heterocycles. The number of benzene rings is 2. The summed E-state index contributed by atoms with van der Waals surface area (Å²) in [5.41, 5.74) is -5.33. The summed E-state index contributed by atoms with van der Waals surface area (Å²) in [6, 6.07) is 3.25. The molecule has 0 bridgehead atoms. The van der Waals surface area contributed by atoms with Gasteiger partial charge in [-0.1, -0.05) is 12.8 Å². The maximum Gasteiger partial charge on any atom is 0.261 e. The lowest BCUT2D eigenvalue weighted by Crippen LogP contribution is -2.42. The van der Waals surface area contributed by atoms with E-state index >= 15 is 0 Å². The van der Waals surface area contributed by atoms with Crippen LogP contribution in [-0.2, 0) is 0 Å². The van der Waals surface area contributed by atoms with E-state index in [0.717, 1.165) is 9.13 Å². The molecule has 1 fully saturated rings. The molecule has 2 aromatic carbocycles. The molecule has 1 aliphatic carbocycles. The Morgan fingerprint density at radius 2 is 0.711 bits per heavy atom. The smallest absolute Gasteiger partial charge is 0.261 e. The summed E-state index contributed by atoms with van der Waals surface area (Å²) in [6.07, 6.45) is 1.94. The Balaban J connectivity index is 1.48. The molecular formula is C26H16N4O8. The Morgan fingerprint density at radius 3 is 0.974 bits per heavy atom. The third-order valence-electron chi connectivity index (χ3n) is 7.90. The van der Waals surface area contributed by atoms with Gasteiger partial charge in [0.1, 0.15) is 0 Å². The Hall–Kier alpha value is -5.00. The molecule has 1 saturated carbocycles. The van der Waals surface area contributed by atoms with Gasteiger partial charge in [0, 0.05) is 0 Å². The van der Waals surface area contributed by atoms with Gasteiger partial charge in [0.25, 0.3) is 44.5 Å². The molecule has 2 N–H and O–H groups in total. The van der Waals surface area contributed by atoms with Crippen LogP contribution in [0.2, 0.25) is 0 Å². The maximum absolute atomic E-state index is 13.5. The normalized spacial score (nSPS) is 18.4. The number of H-pyrrole nitrogens is 2. The van der Waals surface area contributed by atoms with Crippen LogP contribution in [-0.4, -0.2) is 19.1 Å². The highest BCUT2D eigenvalue weighted by molar-refractivity contribution is 5.98. The average Bonchev–Trinajstić information content (AvgIpc) is 3.52. The Labute approximate surface area is 207 Å². The predicted molar refractivity (Wildman–Crippen MR) is 139 cm³/mol. The van der Waals surface area contributed by atoms with Crippen LogP contribution in [0.4, 0.5) is 0 Å². The summed E-state index contributed by atoms with van der Waals surface area (Å²) in [7, 11) is 0. The van der Waals surface area contributed by atoms with E-state index in [-0.39, 0.29) is 43.1 Å². The number of nitrogens with zero attached hydrogens (tertiary/aromatic N) is 2. The van der Waals surface area contributed by atoms with E-state index < -0.39 is 56.6 Å². The van der Waals surface area contributed by atoms with Crippen molar-refractivity contribution < 1.29 is 0 Å². The fourth-order valence-electron chi connectivity index (χ4n) is 6.13. The zero-order chi connectivity index (χ0) is 26.6. The number of fused-ring (bicyclic) bond motifs is 4. The van der Waals surface area contributed by atoms with Gasteiger partial charge in [-0.25, -0.2) is 0 Å². The molecule has 0 spiro atoms. The van der Waals surface area contributed by atoms with Crippen molar-refractivity contribution in [1.29, 1.82) is 0 Å². The van der Waals surface area contributed by atoms with Gasteiger partial charge in [0.2, 0.25) is 0 Å². The van der Waals surface area contributed by atoms with Crippen molar-refractivity contribution >= 4 is 43.1 Å². The Bertz CT molecular complexity index is 2110. The third kappa shape index (κ3) is 2.68. The number of nitrogens with one attached hydrogen (secondary N) is 2. The van der Waals surface area contributed by atoms with E-state index in [2.05, 4.69) is 9.97 Å². The van der Waals surface area contributed by atoms with Crippen molar-refractivity contribution in [2.75, 3.05) is 0 Å². The molecule has 1 aliphatic rings. The maximum atomic E-state index is 13.5. The van der Waals surface area contributed by atoms with E-state index in [1.165, 1.54) is 24.3 Å². The molecule has 0 radical (unpaired) electrons. The molecule has 4 aromatic heterocycles. The standard InChI is InChI=1S/C26H16N4O8/c31-19-9-5-13-14(6-10(9)20(32)27-19)24(36)29(23(13)35)17-3-1-2-4-18(17)30-25(37)15-7-11-12(8-16(15)26(30)38)22(34)28-21(11)33/h5-8,17-18H,1-4H2,(H,27,31,32)(H,28,33,34)/t17-,18-/m1/s1. The minimum Gasteiger partial charge on any atom is -0.288 e. The monoisotopic (exact) mass is 512 g/mol. The van der Waals surface area contributed by atoms with E-state index in [9.17, 15) is 38.4 Å². The van der Waals surface area contributed by atoms with Crippen LogP contribution < -0.4 is 44.5 Å². The molecule has 2 atom stereocenters. The number of aromatic amines is 2. The molecule has 38 heavy (non-hydrogen) atoms. The predicted octanol–water partition coefficient (Wildman–Crippen LogP) is -0.452. The lowest BCUT2D eigenvalue weighted by atomic mass is 9.90. The van der Waals surface area contributed by atoms with Crippen LogP contribution >= 0.6 is 0 Å². The number of hydrogen-bond acceptors (Lipinski definition) is 8.